The molecule has 148 valence electrons. The highest BCUT2D eigenvalue weighted by Gasteiger charge is 2.32. The number of nitrogens with two attached hydrogens (primary N) is 2. The molecular weight excluding hydrogens is 399 g/mol. The van der Waals surface area contributed by atoms with Crippen LogP contribution in [0.15, 0.2) is 29.2 Å². The number of rotatable bonds is 3. The Morgan fingerprint density at radius 3 is 2.04 bits per heavy atom. The van der Waals surface area contributed by atoms with Crippen LogP contribution in [0.25, 0.3) is 0 Å². The van der Waals surface area contributed by atoms with Crippen LogP contribution < -0.4 is 15.8 Å². The first-order valence-corrected chi connectivity index (χ1v) is 9.81. The van der Waals surface area contributed by atoms with Crippen molar-refractivity contribution in [3.63, 3.8) is 0 Å². The fourth-order valence-electron chi connectivity index (χ4n) is 3.53. The number of primary sulfonamides is 1. The number of piperazine rings is 1. The summed E-state index contributed by atoms with van der Waals surface area (Å²) < 4.78 is 22.6. The molecule has 1 amide bonds. The van der Waals surface area contributed by atoms with Crippen molar-refractivity contribution in [2.24, 2.45) is 16.8 Å². The molecule has 0 spiro atoms. The zero-order chi connectivity index (χ0) is 17.3. The molecule has 4 N–H and O–H groups in total. The first kappa shape index (κ1) is 23.0. The van der Waals surface area contributed by atoms with Gasteiger partial charge in [0.2, 0.25) is 15.9 Å². The van der Waals surface area contributed by atoms with E-state index in [1.807, 2.05) is 4.90 Å². The molecule has 0 bridgehead atoms. The Kier molecular flexibility index (Phi) is 8.16. The van der Waals surface area contributed by atoms with Gasteiger partial charge < -0.3 is 15.5 Å². The second kappa shape index (κ2) is 9.23. The number of carbonyl (C=O) groups is 1. The number of nitrogens with zero attached hydrogens (tertiary/aromatic N) is 2. The Hall–Kier alpha value is -1.06. The summed E-state index contributed by atoms with van der Waals surface area (Å²) in [5, 5.41) is 5.11. The van der Waals surface area contributed by atoms with Crippen molar-refractivity contribution < 1.29 is 13.2 Å². The largest absolute Gasteiger partial charge is 0.368 e. The molecule has 3 rings (SSSR count). The van der Waals surface area contributed by atoms with Gasteiger partial charge in [0, 0.05) is 43.8 Å². The molecule has 1 saturated heterocycles. The van der Waals surface area contributed by atoms with Gasteiger partial charge in [0.25, 0.3) is 0 Å². The SMILES string of the molecule is Cl.Cl.NC1CCC(C(=O)N2CCN(c3ccc(S(N)(=O)=O)cc3)CC2)C1. The molecule has 2 fully saturated rings. The average Bonchev–Trinajstić information content (AvgIpc) is 3.00. The quantitative estimate of drug-likeness (QED) is 0.750. The van der Waals surface area contributed by atoms with Gasteiger partial charge in [-0.2, -0.15) is 0 Å². The van der Waals surface area contributed by atoms with E-state index in [4.69, 9.17) is 10.9 Å². The van der Waals surface area contributed by atoms with Gasteiger partial charge in [-0.15, -0.1) is 24.8 Å². The summed E-state index contributed by atoms with van der Waals surface area (Å²) in [5.74, 6) is 0.313. The van der Waals surface area contributed by atoms with Crippen molar-refractivity contribution in [1.82, 2.24) is 4.90 Å². The maximum Gasteiger partial charge on any atom is 0.238 e. The van der Waals surface area contributed by atoms with Crippen molar-refractivity contribution in [3.05, 3.63) is 24.3 Å². The summed E-state index contributed by atoms with van der Waals surface area (Å²) in [4.78, 5) is 16.7. The van der Waals surface area contributed by atoms with Crippen LogP contribution in [0, 0.1) is 5.92 Å². The molecule has 2 atom stereocenters. The summed E-state index contributed by atoms with van der Waals surface area (Å²) in [5.41, 5.74) is 6.84. The van der Waals surface area contributed by atoms with Gasteiger partial charge in [-0.1, -0.05) is 0 Å². The number of amides is 1. The molecule has 2 unspecified atom stereocenters. The van der Waals surface area contributed by atoms with E-state index in [2.05, 4.69) is 4.90 Å². The van der Waals surface area contributed by atoms with Gasteiger partial charge in [-0.25, -0.2) is 13.6 Å². The minimum absolute atomic E-state index is 0. The number of benzene rings is 1. The van der Waals surface area contributed by atoms with Gasteiger partial charge in [0.05, 0.1) is 4.90 Å². The van der Waals surface area contributed by atoms with E-state index in [-0.39, 0.29) is 47.6 Å². The maximum atomic E-state index is 12.5. The highest BCUT2D eigenvalue weighted by atomic mass is 35.5. The predicted octanol–water partition coefficient (Wildman–Crippen LogP) is 0.954. The van der Waals surface area contributed by atoms with E-state index in [0.29, 0.717) is 13.1 Å². The lowest BCUT2D eigenvalue weighted by molar-refractivity contribution is -0.135. The topological polar surface area (TPSA) is 110 Å². The fraction of sp³-hybridized carbons (Fsp3) is 0.562. The summed E-state index contributed by atoms with van der Waals surface area (Å²) in [6.45, 7) is 2.83. The van der Waals surface area contributed by atoms with Crippen LogP contribution in [-0.4, -0.2) is 51.4 Å². The molecule has 1 aliphatic carbocycles. The van der Waals surface area contributed by atoms with Crippen molar-refractivity contribution in [2.75, 3.05) is 31.1 Å². The lowest BCUT2D eigenvalue weighted by Gasteiger charge is -2.37. The molecular formula is C16H26Cl2N4O3S. The minimum Gasteiger partial charge on any atom is -0.368 e. The fourth-order valence-corrected chi connectivity index (χ4v) is 4.05. The van der Waals surface area contributed by atoms with Crippen LogP contribution in [0.3, 0.4) is 0 Å². The Labute approximate surface area is 166 Å². The summed E-state index contributed by atoms with van der Waals surface area (Å²) in [7, 11) is -3.67. The third-order valence-corrected chi connectivity index (χ3v) is 5.87. The normalized spacial score (nSPS) is 23.2. The molecule has 1 heterocycles. The number of carbonyl (C=O) groups excluding carboxylic acids is 1. The third kappa shape index (κ3) is 5.23. The number of sulfonamides is 1. The van der Waals surface area contributed by atoms with Crippen molar-refractivity contribution in [2.45, 2.75) is 30.2 Å². The van der Waals surface area contributed by atoms with E-state index >= 15 is 0 Å². The Bertz CT molecular complexity index is 707. The van der Waals surface area contributed by atoms with Gasteiger partial charge in [-0.3, -0.25) is 4.79 Å². The van der Waals surface area contributed by atoms with Gasteiger partial charge >= 0.3 is 0 Å². The monoisotopic (exact) mass is 424 g/mol. The third-order valence-electron chi connectivity index (χ3n) is 4.94. The second-order valence-corrected chi connectivity index (χ2v) is 8.18. The molecule has 1 aromatic rings. The highest BCUT2D eigenvalue weighted by Crippen LogP contribution is 2.27. The molecule has 1 aliphatic heterocycles. The molecule has 0 radical (unpaired) electrons. The summed E-state index contributed by atoms with van der Waals surface area (Å²) >= 11 is 0. The molecule has 26 heavy (non-hydrogen) atoms. The summed E-state index contributed by atoms with van der Waals surface area (Å²) in [6.07, 6.45) is 2.64. The van der Waals surface area contributed by atoms with Crippen LogP contribution >= 0.6 is 24.8 Å². The number of hydrogen-bond acceptors (Lipinski definition) is 5. The molecule has 2 aliphatic rings. The van der Waals surface area contributed by atoms with E-state index < -0.39 is 10.0 Å². The van der Waals surface area contributed by atoms with Gasteiger partial charge in [0.1, 0.15) is 0 Å². The van der Waals surface area contributed by atoms with E-state index in [1.165, 1.54) is 12.1 Å². The van der Waals surface area contributed by atoms with Crippen LogP contribution in [-0.2, 0) is 14.8 Å². The first-order chi connectivity index (χ1) is 11.3. The molecule has 7 nitrogen and oxygen atoms in total. The first-order valence-electron chi connectivity index (χ1n) is 8.27. The standard InChI is InChI=1S/C16H24N4O3S.2ClH/c17-13-2-1-12(11-13)16(21)20-9-7-19(8-10-20)14-3-5-15(6-4-14)24(18,22)23;;/h3-6,12-13H,1-2,7-11,17H2,(H2,18,22,23);2*1H. The zero-order valence-corrected chi connectivity index (χ0v) is 16.9. The van der Waals surface area contributed by atoms with Gasteiger partial charge in [-0.05, 0) is 43.5 Å². The molecule has 0 aromatic heterocycles. The number of halogens is 2. The predicted molar refractivity (Wildman–Crippen MR) is 106 cm³/mol. The Morgan fingerprint density at radius 2 is 1.58 bits per heavy atom. The van der Waals surface area contributed by atoms with Crippen LogP contribution in [0.5, 0.6) is 0 Å². The Balaban J connectivity index is 0.00000169. The van der Waals surface area contributed by atoms with Crippen molar-refractivity contribution >= 4 is 46.4 Å². The lowest BCUT2D eigenvalue weighted by Crippen LogP contribution is -2.50. The van der Waals surface area contributed by atoms with Crippen molar-refractivity contribution in [3.8, 4) is 0 Å². The summed E-state index contributed by atoms with van der Waals surface area (Å²) in [6, 6.07) is 6.71. The average molecular weight is 425 g/mol. The van der Waals surface area contributed by atoms with Gasteiger partial charge in [0.15, 0.2) is 0 Å². The molecule has 1 aromatic carbocycles. The van der Waals surface area contributed by atoms with Crippen LogP contribution in [0.1, 0.15) is 19.3 Å². The molecule has 1 saturated carbocycles. The smallest absolute Gasteiger partial charge is 0.238 e. The Morgan fingerprint density at radius 1 is 1.00 bits per heavy atom. The lowest BCUT2D eigenvalue weighted by atomic mass is 10.1. The van der Waals surface area contributed by atoms with E-state index in [1.54, 1.807) is 12.1 Å². The number of hydrogen-bond donors (Lipinski definition) is 2. The molecule has 10 heteroatoms. The minimum atomic E-state index is -3.67. The van der Waals surface area contributed by atoms with Crippen molar-refractivity contribution in [1.29, 1.82) is 0 Å². The van der Waals surface area contributed by atoms with E-state index in [9.17, 15) is 13.2 Å². The maximum absolute atomic E-state index is 12.5. The second-order valence-electron chi connectivity index (χ2n) is 6.62. The zero-order valence-electron chi connectivity index (χ0n) is 14.4. The van der Waals surface area contributed by atoms with Crippen LogP contribution in [0.4, 0.5) is 5.69 Å². The van der Waals surface area contributed by atoms with E-state index in [0.717, 1.165) is 38.0 Å². The highest BCUT2D eigenvalue weighted by molar-refractivity contribution is 7.89. The van der Waals surface area contributed by atoms with Crippen LogP contribution in [0.2, 0.25) is 0 Å². The number of anilines is 1.